The first-order valence-corrected chi connectivity index (χ1v) is 6.98. The minimum Gasteiger partial charge on any atom is -0.507 e. The number of hydrogen-bond donors (Lipinski definition) is 1. The fraction of sp³-hybridized carbons (Fsp3) is 0.647. The van der Waals surface area contributed by atoms with Crippen LogP contribution in [0.4, 0.5) is 0 Å². The second-order valence-corrected chi connectivity index (χ2v) is 7.74. The van der Waals surface area contributed by atoms with Crippen molar-refractivity contribution >= 4 is 0 Å². The molecule has 0 spiro atoms. The second-order valence-electron chi connectivity index (χ2n) is 7.74. The summed E-state index contributed by atoms with van der Waals surface area (Å²) in [6.45, 7) is 13.0. The lowest BCUT2D eigenvalue weighted by Gasteiger charge is -2.28. The minimum absolute atomic E-state index is 0.00498. The van der Waals surface area contributed by atoms with E-state index in [1.165, 1.54) is 18.4 Å². The molecule has 1 N–H and O–H groups in total. The highest BCUT2D eigenvalue weighted by molar-refractivity contribution is 5.51. The molecule has 1 saturated carbocycles. The summed E-state index contributed by atoms with van der Waals surface area (Å²) in [4.78, 5) is 0. The predicted molar refractivity (Wildman–Crippen MR) is 77.5 cm³/mol. The summed E-state index contributed by atoms with van der Waals surface area (Å²) in [5.41, 5.74) is 3.60. The SMILES string of the molecule is CC(C)(C)c1cc(C2CC2)cc(C(C)(C)C)c1O. The Hall–Kier alpha value is -0.980. The molecule has 0 bridgehead atoms. The van der Waals surface area contributed by atoms with Gasteiger partial charge in [-0.25, -0.2) is 0 Å². The minimum atomic E-state index is -0.00498. The first kappa shape index (κ1) is 13.5. The van der Waals surface area contributed by atoms with Crippen LogP contribution in [0.2, 0.25) is 0 Å². The van der Waals surface area contributed by atoms with E-state index < -0.39 is 0 Å². The van der Waals surface area contributed by atoms with Gasteiger partial charge in [0, 0.05) is 0 Å². The number of benzene rings is 1. The van der Waals surface area contributed by atoms with Crippen LogP contribution in [0.3, 0.4) is 0 Å². The molecule has 0 heterocycles. The number of aromatic hydroxyl groups is 1. The van der Waals surface area contributed by atoms with Crippen LogP contribution in [0.15, 0.2) is 12.1 Å². The smallest absolute Gasteiger partial charge is 0.123 e. The van der Waals surface area contributed by atoms with Crippen LogP contribution in [0.5, 0.6) is 5.75 Å². The van der Waals surface area contributed by atoms with Gasteiger partial charge in [0.05, 0.1) is 0 Å². The molecule has 1 aromatic carbocycles. The van der Waals surface area contributed by atoms with Crippen LogP contribution in [0.1, 0.15) is 77.0 Å². The highest BCUT2D eigenvalue weighted by Gasteiger charge is 2.31. The van der Waals surface area contributed by atoms with Crippen molar-refractivity contribution in [3.63, 3.8) is 0 Å². The molecule has 1 aliphatic rings. The zero-order valence-electron chi connectivity index (χ0n) is 12.6. The molecule has 2 rings (SSSR count). The van der Waals surface area contributed by atoms with E-state index in [4.69, 9.17) is 0 Å². The maximum atomic E-state index is 10.6. The van der Waals surface area contributed by atoms with E-state index in [1.54, 1.807) is 0 Å². The number of hydrogen-bond acceptors (Lipinski definition) is 1. The number of phenols is 1. The van der Waals surface area contributed by atoms with Gasteiger partial charge in [0.15, 0.2) is 0 Å². The van der Waals surface area contributed by atoms with Crippen LogP contribution >= 0.6 is 0 Å². The summed E-state index contributed by atoms with van der Waals surface area (Å²) in [6.07, 6.45) is 2.61. The van der Waals surface area contributed by atoms with Gasteiger partial charge in [-0.1, -0.05) is 53.7 Å². The van der Waals surface area contributed by atoms with Crippen molar-refractivity contribution in [3.05, 3.63) is 28.8 Å². The molecule has 0 amide bonds. The molecule has 0 atom stereocenters. The third kappa shape index (κ3) is 2.55. The highest BCUT2D eigenvalue weighted by atomic mass is 16.3. The molecule has 0 radical (unpaired) electrons. The van der Waals surface area contributed by atoms with E-state index in [0.717, 1.165) is 17.0 Å². The molecule has 1 aromatic rings. The maximum Gasteiger partial charge on any atom is 0.123 e. The second kappa shape index (κ2) is 4.01. The molecule has 0 aliphatic heterocycles. The summed E-state index contributed by atoms with van der Waals surface area (Å²) in [5, 5.41) is 10.6. The van der Waals surface area contributed by atoms with Crippen molar-refractivity contribution in [2.75, 3.05) is 0 Å². The summed E-state index contributed by atoms with van der Waals surface area (Å²) in [5.74, 6) is 1.23. The maximum absolute atomic E-state index is 10.6. The third-order valence-corrected chi connectivity index (χ3v) is 3.80. The quantitative estimate of drug-likeness (QED) is 0.750. The van der Waals surface area contributed by atoms with Gasteiger partial charge in [0.1, 0.15) is 5.75 Å². The molecule has 0 unspecified atom stereocenters. The predicted octanol–water partition coefficient (Wildman–Crippen LogP) is 4.86. The Kier molecular flexibility index (Phi) is 3.00. The Labute approximate surface area is 111 Å². The van der Waals surface area contributed by atoms with Gasteiger partial charge < -0.3 is 5.11 Å². The fourth-order valence-corrected chi connectivity index (χ4v) is 2.45. The van der Waals surface area contributed by atoms with Gasteiger partial charge in [-0.05, 0) is 46.3 Å². The van der Waals surface area contributed by atoms with E-state index in [9.17, 15) is 5.11 Å². The normalized spacial score (nSPS) is 17.0. The van der Waals surface area contributed by atoms with Crippen LogP contribution in [0.25, 0.3) is 0 Å². The lowest BCUT2D eigenvalue weighted by molar-refractivity contribution is 0.422. The van der Waals surface area contributed by atoms with Crippen molar-refractivity contribution in [1.82, 2.24) is 0 Å². The summed E-state index contributed by atoms with van der Waals surface area (Å²) in [6, 6.07) is 4.45. The van der Waals surface area contributed by atoms with Gasteiger partial charge in [-0.15, -0.1) is 0 Å². The first-order valence-electron chi connectivity index (χ1n) is 6.98. The van der Waals surface area contributed by atoms with Crippen molar-refractivity contribution in [1.29, 1.82) is 0 Å². The Morgan fingerprint density at radius 2 is 1.28 bits per heavy atom. The zero-order chi connectivity index (χ0) is 13.7. The number of rotatable bonds is 1. The standard InChI is InChI=1S/C17H26O/c1-16(2,3)13-9-12(11-7-8-11)10-14(15(13)18)17(4,5)6/h9-11,18H,7-8H2,1-6H3. The molecular formula is C17H26O. The van der Waals surface area contributed by atoms with Gasteiger partial charge >= 0.3 is 0 Å². The molecule has 0 aromatic heterocycles. The van der Waals surface area contributed by atoms with E-state index in [-0.39, 0.29) is 10.8 Å². The van der Waals surface area contributed by atoms with Crippen molar-refractivity contribution < 1.29 is 5.11 Å². The Morgan fingerprint density at radius 1 is 0.889 bits per heavy atom. The van der Waals surface area contributed by atoms with E-state index in [2.05, 4.69) is 53.7 Å². The molecular weight excluding hydrogens is 220 g/mol. The van der Waals surface area contributed by atoms with E-state index in [0.29, 0.717) is 5.75 Å². The lowest BCUT2D eigenvalue weighted by Crippen LogP contribution is -2.17. The van der Waals surface area contributed by atoms with Crippen molar-refractivity contribution in [3.8, 4) is 5.75 Å². The van der Waals surface area contributed by atoms with E-state index >= 15 is 0 Å². The molecule has 1 heteroatoms. The fourth-order valence-electron chi connectivity index (χ4n) is 2.45. The average molecular weight is 246 g/mol. The van der Waals surface area contributed by atoms with Crippen LogP contribution in [-0.2, 0) is 10.8 Å². The van der Waals surface area contributed by atoms with Gasteiger partial charge in [0.25, 0.3) is 0 Å². The molecule has 1 fully saturated rings. The molecule has 0 saturated heterocycles. The number of phenolic OH excluding ortho intramolecular Hbond substituents is 1. The Morgan fingerprint density at radius 3 is 1.56 bits per heavy atom. The van der Waals surface area contributed by atoms with Crippen LogP contribution < -0.4 is 0 Å². The molecule has 1 nitrogen and oxygen atoms in total. The lowest BCUT2D eigenvalue weighted by atomic mass is 9.78. The summed E-state index contributed by atoms with van der Waals surface area (Å²) >= 11 is 0. The monoisotopic (exact) mass is 246 g/mol. The van der Waals surface area contributed by atoms with Crippen molar-refractivity contribution in [2.45, 2.75) is 71.1 Å². The zero-order valence-corrected chi connectivity index (χ0v) is 12.6. The highest BCUT2D eigenvalue weighted by Crippen LogP contribution is 2.46. The topological polar surface area (TPSA) is 20.2 Å². The Bertz CT molecular complexity index is 418. The Balaban J connectivity index is 2.63. The molecule has 18 heavy (non-hydrogen) atoms. The van der Waals surface area contributed by atoms with Gasteiger partial charge in [-0.2, -0.15) is 0 Å². The van der Waals surface area contributed by atoms with Gasteiger partial charge in [-0.3, -0.25) is 0 Å². The van der Waals surface area contributed by atoms with Crippen molar-refractivity contribution in [2.24, 2.45) is 0 Å². The average Bonchev–Trinajstić information content (AvgIpc) is 2.97. The van der Waals surface area contributed by atoms with Crippen LogP contribution in [-0.4, -0.2) is 5.11 Å². The summed E-state index contributed by atoms with van der Waals surface area (Å²) < 4.78 is 0. The first-order chi connectivity index (χ1) is 8.10. The third-order valence-electron chi connectivity index (χ3n) is 3.80. The largest absolute Gasteiger partial charge is 0.507 e. The molecule has 1 aliphatic carbocycles. The van der Waals surface area contributed by atoms with Gasteiger partial charge in [0.2, 0.25) is 0 Å². The van der Waals surface area contributed by atoms with E-state index in [1.807, 2.05) is 0 Å². The molecule has 100 valence electrons. The van der Waals surface area contributed by atoms with Crippen LogP contribution in [0, 0.1) is 0 Å². The summed E-state index contributed by atoms with van der Waals surface area (Å²) in [7, 11) is 0.